The Morgan fingerprint density at radius 3 is 2.22 bits per heavy atom. The number of anilines is 1. The molecule has 1 aliphatic heterocycles. The van der Waals surface area contributed by atoms with E-state index in [0.717, 1.165) is 5.56 Å². The number of ketones is 1. The van der Waals surface area contributed by atoms with Gasteiger partial charge in [-0.3, -0.25) is 14.5 Å². The van der Waals surface area contributed by atoms with Gasteiger partial charge in [0.25, 0.3) is 11.7 Å². The summed E-state index contributed by atoms with van der Waals surface area (Å²) in [7, 11) is 1.53. The van der Waals surface area contributed by atoms with Crippen molar-refractivity contribution in [3.05, 3.63) is 94.6 Å². The van der Waals surface area contributed by atoms with Crippen molar-refractivity contribution in [3.63, 3.8) is 0 Å². The lowest BCUT2D eigenvalue weighted by atomic mass is 9.84. The van der Waals surface area contributed by atoms with Gasteiger partial charge in [0.2, 0.25) is 0 Å². The number of ether oxygens (including phenoxy) is 3. The van der Waals surface area contributed by atoms with Gasteiger partial charge in [-0.25, -0.2) is 4.79 Å². The van der Waals surface area contributed by atoms with Gasteiger partial charge in [0.05, 0.1) is 37.5 Å². The summed E-state index contributed by atoms with van der Waals surface area (Å²) in [6.45, 7) is 10.4. The van der Waals surface area contributed by atoms with E-state index in [-0.39, 0.29) is 23.4 Å². The molecule has 8 heteroatoms. The van der Waals surface area contributed by atoms with Gasteiger partial charge in [0.1, 0.15) is 17.3 Å². The van der Waals surface area contributed by atoms with Crippen LogP contribution in [0.5, 0.6) is 11.5 Å². The molecule has 0 radical (unpaired) electrons. The highest BCUT2D eigenvalue weighted by molar-refractivity contribution is 6.51. The van der Waals surface area contributed by atoms with E-state index in [1.165, 1.54) is 24.1 Å². The quantitative estimate of drug-likeness (QED) is 0.152. The average Bonchev–Trinajstić information content (AvgIpc) is 3.22. The van der Waals surface area contributed by atoms with Gasteiger partial charge in [-0.05, 0) is 79.4 Å². The van der Waals surface area contributed by atoms with Crippen LogP contribution in [0.1, 0.15) is 67.7 Å². The van der Waals surface area contributed by atoms with Crippen molar-refractivity contribution in [1.82, 2.24) is 0 Å². The zero-order valence-electron chi connectivity index (χ0n) is 24.2. The second-order valence-electron chi connectivity index (χ2n) is 10.6. The molecule has 41 heavy (non-hydrogen) atoms. The van der Waals surface area contributed by atoms with E-state index in [2.05, 4.69) is 0 Å². The van der Waals surface area contributed by atoms with Crippen LogP contribution < -0.4 is 14.4 Å². The lowest BCUT2D eigenvalue weighted by molar-refractivity contribution is -0.132. The topological polar surface area (TPSA) is 102 Å². The third kappa shape index (κ3) is 5.82. The van der Waals surface area contributed by atoms with Crippen molar-refractivity contribution >= 4 is 29.1 Å². The number of carbonyl (C=O) groups is 3. The number of hydrogen-bond acceptors (Lipinski definition) is 7. The normalized spacial score (nSPS) is 16.5. The molecule has 1 unspecified atom stereocenters. The number of amides is 1. The van der Waals surface area contributed by atoms with E-state index in [9.17, 15) is 19.5 Å². The summed E-state index contributed by atoms with van der Waals surface area (Å²) in [6.07, 6.45) is 0. The van der Waals surface area contributed by atoms with Crippen molar-refractivity contribution in [2.45, 2.75) is 46.1 Å². The Morgan fingerprint density at radius 1 is 0.927 bits per heavy atom. The number of Topliss-reactive ketones (excluding diaryl/α,β-unsaturated/α-hetero) is 1. The second-order valence-corrected chi connectivity index (χ2v) is 10.6. The predicted octanol–water partition coefficient (Wildman–Crippen LogP) is 6.19. The summed E-state index contributed by atoms with van der Waals surface area (Å²) in [5.41, 5.74) is 2.14. The molecule has 0 bridgehead atoms. The molecular weight excluding hydrogens is 522 g/mol. The van der Waals surface area contributed by atoms with Crippen LogP contribution in [0.3, 0.4) is 0 Å². The summed E-state index contributed by atoms with van der Waals surface area (Å²) in [4.78, 5) is 40.7. The number of methoxy groups -OCH3 is 1. The van der Waals surface area contributed by atoms with E-state index in [4.69, 9.17) is 14.2 Å². The third-order valence-corrected chi connectivity index (χ3v) is 6.87. The SMILES string of the molecule is CCOC(=O)c1ccc(N2C(=O)C(=O)/C(=C(\O)c3ccc(OCC)c(C(C)(C)C)c3)C2c2cccc(OC)c2)cc1. The molecule has 0 aliphatic carbocycles. The largest absolute Gasteiger partial charge is 0.507 e. The van der Waals surface area contributed by atoms with Gasteiger partial charge in [-0.2, -0.15) is 0 Å². The lowest BCUT2D eigenvalue weighted by Gasteiger charge is -2.26. The molecule has 0 aromatic heterocycles. The summed E-state index contributed by atoms with van der Waals surface area (Å²) in [5, 5.41) is 11.7. The molecule has 4 rings (SSSR count). The Hall–Kier alpha value is -4.59. The van der Waals surface area contributed by atoms with Gasteiger partial charge in [-0.1, -0.05) is 32.9 Å². The molecule has 3 aromatic carbocycles. The maximum atomic E-state index is 13.6. The molecule has 3 aromatic rings. The van der Waals surface area contributed by atoms with Crippen molar-refractivity contribution in [2.75, 3.05) is 25.2 Å². The number of carbonyl (C=O) groups excluding carboxylic acids is 3. The minimum Gasteiger partial charge on any atom is -0.507 e. The van der Waals surface area contributed by atoms with Gasteiger partial charge in [0.15, 0.2) is 0 Å². The van der Waals surface area contributed by atoms with Crippen LogP contribution in [0, 0.1) is 0 Å². The van der Waals surface area contributed by atoms with Gasteiger partial charge in [-0.15, -0.1) is 0 Å². The van der Waals surface area contributed by atoms with Crippen LogP contribution in [0.2, 0.25) is 0 Å². The first-order valence-electron chi connectivity index (χ1n) is 13.5. The van der Waals surface area contributed by atoms with Crippen LogP contribution in [0.4, 0.5) is 5.69 Å². The Balaban J connectivity index is 1.91. The van der Waals surface area contributed by atoms with E-state index in [1.807, 2.05) is 27.7 Å². The number of rotatable bonds is 8. The Morgan fingerprint density at radius 2 is 1.61 bits per heavy atom. The average molecular weight is 558 g/mol. The molecule has 8 nitrogen and oxygen atoms in total. The van der Waals surface area contributed by atoms with E-state index < -0.39 is 23.7 Å². The lowest BCUT2D eigenvalue weighted by Crippen LogP contribution is -2.29. The first-order valence-corrected chi connectivity index (χ1v) is 13.5. The molecule has 214 valence electrons. The zero-order valence-corrected chi connectivity index (χ0v) is 24.2. The first-order chi connectivity index (χ1) is 19.5. The number of hydrogen-bond donors (Lipinski definition) is 1. The van der Waals surface area contributed by atoms with Gasteiger partial charge < -0.3 is 19.3 Å². The van der Waals surface area contributed by atoms with Crippen LogP contribution >= 0.6 is 0 Å². The zero-order chi connectivity index (χ0) is 29.9. The van der Waals surface area contributed by atoms with Gasteiger partial charge >= 0.3 is 5.97 Å². The fourth-order valence-electron chi connectivity index (χ4n) is 4.90. The maximum absolute atomic E-state index is 13.6. The maximum Gasteiger partial charge on any atom is 0.338 e. The van der Waals surface area contributed by atoms with E-state index in [0.29, 0.717) is 40.5 Å². The summed E-state index contributed by atoms with van der Waals surface area (Å²) < 4.78 is 16.3. The highest BCUT2D eigenvalue weighted by atomic mass is 16.5. The smallest absolute Gasteiger partial charge is 0.338 e. The molecule has 0 saturated carbocycles. The van der Waals surface area contributed by atoms with Crippen molar-refractivity contribution in [3.8, 4) is 11.5 Å². The summed E-state index contributed by atoms with van der Waals surface area (Å²) in [5.74, 6) is -1.20. The molecule has 1 atom stereocenters. The standard InChI is InChI=1S/C33H35NO7/c1-7-40-26-17-14-22(19-25(26)33(3,4)5)29(35)27-28(21-10-9-11-24(18-21)39-6)34(31(37)30(27)36)23-15-12-20(13-16-23)32(38)41-8-2/h9-19,28,35H,7-8H2,1-6H3/b29-27-. The molecule has 1 amide bonds. The number of aliphatic hydroxyl groups excluding tert-OH is 1. The van der Waals surface area contributed by atoms with E-state index >= 15 is 0 Å². The fraction of sp³-hybridized carbons (Fsp3) is 0.303. The van der Waals surface area contributed by atoms with Crippen molar-refractivity contribution in [1.29, 1.82) is 0 Å². The minimum atomic E-state index is -0.955. The number of esters is 1. The monoisotopic (exact) mass is 557 g/mol. The first kappa shape index (κ1) is 29.4. The van der Waals surface area contributed by atoms with Crippen LogP contribution in [-0.4, -0.2) is 43.1 Å². The van der Waals surface area contributed by atoms with Crippen LogP contribution in [-0.2, 0) is 19.7 Å². The summed E-state index contributed by atoms with van der Waals surface area (Å²) in [6, 6.07) is 17.5. The summed E-state index contributed by atoms with van der Waals surface area (Å²) >= 11 is 0. The molecule has 1 fully saturated rings. The highest BCUT2D eigenvalue weighted by Gasteiger charge is 2.47. The Labute approximate surface area is 240 Å². The molecule has 1 aliphatic rings. The molecule has 1 heterocycles. The predicted molar refractivity (Wildman–Crippen MR) is 156 cm³/mol. The highest BCUT2D eigenvalue weighted by Crippen LogP contribution is 2.44. The molecule has 1 saturated heterocycles. The van der Waals surface area contributed by atoms with E-state index in [1.54, 1.807) is 61.5 Å². The second kappa shape index (κ2) is 11.9. The molecular formula is C33H35NO7. The van der Waals surface area contributed by atoms with Crippen LogP contribution in [0.25, 0.3) is 5.76 Å². The van der Waals surface area contributed by atoms with Gasteiger partial charge in [0, 0.05) is 16.8 Å². The molecule has 1 N–H and O–H groups in total. The third-order valence-electron chi connectivity index (χ3n) is 6.87. The number of nitrogens with zero attached hydrogens (tertiary/aromatic N) is 1. The van der Waals surface area contributed by atoms with Crippen molar-refractivity contribution in [2.24, 2.45) is 0 Å². The fourth-order valence-corrected chi connectivity index (χ4v) is 4.90. The Kier molecular flexibility index (Phi) is 8.52. The van der Waals surface area contributed by atoms with Crippen molar-refractivity contribution < 1.29 is 33.7 Å². The minimum absolute atomic E-state index is 0.0539. The Bertz CT molecular complexity index is 1500. The van der Waals surface area contributed by atoms with Crippen LogP contribution in [0.15, 0.2) is 72.3 Å². The number of benzene rings is 3. The molecule has 0 spiro atoms. The number of aliphatic hydroxyl groups is 1.